The smallest absolute Gasteiger partial charge is 0.222 e. The molecule has 0 aromatic rings. The van der Waals surface area contributed by atoms with E-state index >= 15 is 0 Å². The first-order chi connectivity index (χ1) is 8.22. The molecule has 98 valence electrons. The van der Waals surface area contributed by atoms with Crippen molar-refractivity contribution in [3.05, 3.63) is 0 Å². The first kappa shape index (κ1) is 14.7. The first-order valence-corrected chi connectivity index (χ1v) is 7.76. The number of carbonyl (C=O) groups is 2. The fourth-order valence-corrected chi connectivity index (χ4v) is 3.55. The average molecular weight is 278 g/mol. The van der Waals surface area contributed by atoms with Gasteiger partial charge in [-0.2, -0.15) is 23.5 Å². The van der Waals surface area contributed by atoms with Gasteiger partial charge in [0.25, 0.3) is 0 Å². The number of thioether (sulfide) groups is 2. The van der Waals surface area contributed by atoms with E-state index in [0.717, 1.165) is 11.5 Å². The zero-order valence-corrected chi connectivity index (χ0v) is 11.2. The lowest BCUT2D eigenvalue weighted by Gasteiger charge is -2.12. The quantitative estimate of drug-likeness (QED) is 0.619. The minimum Gasteiger partial charge on any atom is -0.395 e. The maximum Gasteiger partial charge on any atom is 0.222 e. The van der Waals surface area contributed by atoms with E-state index in [9.17, 15) is 9.59 Å². The molecule has 0 aliphatic carbocycles. The molecule has 7 heteroatoms. The lowest BCUT2D eigenvalue weighted by Crippen LogP contribution is -2.37. The first-order valence-electron chi connectivity index (χ1n) is 5.56. The topological polar surface area (TPSA) is 78.4 Å². The van der Waals surface area contributed by atoms with Gasteiger partial charge < -0.3 is 15.7 Å². The Kier molecular flexibility index (Phi) is 7.46. The van der Waals surface area contributed by atoms with Gasteiger partial charge in [0.15, 0.2) is 0 Å². The molecule has 0 bridgehead atoms. The Hall–Kier alpha value is -0.400. The van der Waals surface area contributed by atoms with Crippen LogP contribution < -0.4 is 10.6 Å². The van der Waals surface area contributed by atoms with Crippen molar-refractivity contribution in [1.29, 1.82) is 0 Å². The molecule has 1 atom stereocenters. The van der Waals surface area contributed by atoms with Crippen molar-refractivity contribution in [3.63, 3.8) is 0 Å². The molecule has 0 spiro atoms. The van der Waals surface area contributed by atoms with Gasteiger partial charge in [0, 0.05) is 35.4 Å². The highest BCUT2D eigenvalue weighted by molar-refractivity contribution is 8.03. The van der Waals surface area contributed by atoms with Gasteiger partial charge in [-0.3, -0.25) is 9.59 Å². The van der Waals surface area contributed by atoms with Gasteiger partial charge in [-0.05, 0) is 0 Å². The summed E-state index contributed by atoms with van der Waals surface area (Å²) in [6, 6.07) is 0. The summed E-state index contributed by atoms with van der Waals surface area (Å²) in [4.78, 5) is 22.7. The van der Waals surface area contributed by atoms with Gasteiger partial charge in [-0.25, -0.2) is 0 Å². The zero-order chi connectivity index (χ0) is 12.5. The second-order valence-electron chi connectivity index (χ2n) is 3.63. The van der Waals surface area contributed by atoms with E-state index in [2.05, 4.69) is 10.6 Å². The highest BCUT2D eigenvalue weighted by Crippen LogP contribution is 2.17. The van der Waals surface area contributed by atoms with Crippen LogP contribution in [0.15, 0.2) is 0 Å². The van der Waals surface area contributed by atoms with E-state index < -0.39 is 0 Å². The summed E-state index contributed by atoms with van der Waals surface area (Å²) in [7, 11) is 0. The third-order valence-electron chi connectivity index (χ3n) is 2.23. The van der Waals surface area contributed by atoms with Crippen LogP contribution >= 0.6 is 23.5 Å². The third-order valence-corrected chi connectivity index (χ3v) is 4.80. The largest absolute Gasteiger partial charge is 0.395 e. The predicted molar refractivity (Wildman–Crippen MR) is 71.0 cm³/mol. The van der Waals surface area contributed by atoms with Crippen LogP contribution in [0.3, 0.4) is 0 Å². The number of rotatable bonds is 1. The Morgan fingerprint density at radius 1 is 1.18 bits per heavy atom. The van der Waals surface area contributed by atoms with E-state index in [4.69, 9.17) is 5.11 Å². The molecule has 1 rings (SSSR count). The minimum atomic E-state index is -0.0682. The maximum absolute atomic E-state index is 11.3. The summed E-state index contributed by atoms with van der Waals surface area (Å²) < 4.78 is 0. The van der Waals surface area contributed by atoms with Gasteiger partial charge in [0.2, 0.25) is 11.8 Å². The highest BCUT2D eigenvalue weighted by Gasteiger charge is 2.11. The van der Waals surface area contributed by atoms with Crippen molar-refractivity contribution >= 4 is 35.3 Å². The summed E-state index contributed by atoms with van der Waals surface area (Å²) in [5.74, 6) is 2.14. The Balaban J connectivity index is 2.40. The van der Waals surface area contributed by atoms with Crippen LogP contribution in [0.2, 0.25) is 0 Å². The number of aliphatic hydroxyl groups excluding tert-OH is 1. The Morgan fingerprint density at radius 2 is 1.82 bits per heavy atom. The molecule has 0 radical (unpaired) electrons. The van der Waals surface area contributed by atoms with E-state index in [-0.39, 0.29) is 30.3 Å². The summed E-state index contributed by atoms with van der Waals surface area (Å²) in [5.41, 5.74) is 0. The Bertz CT molecular complexity index is 264. The molecule has 1 heterocycles. The molecule has 1 unspecified atom stereocenters. The Morgan fingerprint density at radius 3 is 2.47 bits per heavy atom. The van der Waals surface area contributed by atoms with Gasteiger partial charge >= 0.3 is 0 Å². The fraction of sp³-hybridized carbons (Fsp3) is 0.800. The fourth-order valence-electron chi connectivity index (χ4n) is 1.27. The SMILES string of the molecule is O=C1CCSCC(CO)SCCC(=O)NCN1. The second kappa shape index (κ2) is 8.66. The molecule has 1 aliphatic heterocycles. The van der Waals surface area contributed by atoms with Crippen molar-refractivity contribution < 1.29 is 14.7 Å². The Labute approximate surface area is 109 Å². The molecule has 5 nitrogen and oxygen atoms in total. The van der Waals surface area contributed by atoms with Gasteiger partial charge in [0.05, 0.1) is 13.3 Å². The van der Waals surface area contributed by atoms with Crippen LogP contribution in [0, 0.1) is 0 Å². The summed E-state index contributed by atoms with van der Waals surface area (Å²) in [6.45, 7) is 0.321. The van der Waals surface area contributed by atoms with Gasteiger partial charge in [-0.15, -0.1) is 0 Å². The van der Waals surface area contributed by atoms with Crippen LogP contribution in [-0.4, -0.2) is 52.7 Å². The number of amides is 2. The van der Waals surface area contributed by atoms with Crippen LogP contribution in [0.25, 0.3) is 0 Å². The summed E-state index contributed by atoms with van der Waals surface area (Å²) in [5, 5.41) is 14.6. The highest BCUT2D eigenvalue weighted by atomic mass is 32.2. The zero-order valence-electron chi connectivity index (χ0n) is 9.61. The molecule has 0 saturated carbocycles. The van der Waals surface area contributed by atoms with Crippen molar-refractivity contribution in [3.8, 4) is 0 Å². The van der Waals surface area contributed by atoms with Crippen molar-refractivity contribution in [2.75, 3.05) is 30.5 Å². The molecule has 2 amide bonds. The van der Waals surface area contributed by atoms with Crippen molar-refractivity contribution in [2.45, 2.75) is 18.1 Å². The molecular weight excluding hydrogens is 260 g/mol. The van der Waals surface area contributed by atoms with E-state index in [1.54, 1.807) is 23.5 Å². The average Bonchev–Trinajstić information content (AvgIpc) is 2.32. The van der Waals surface area contributed by atoms with Crippen LogP contribution in [-0.2, 0) is 9.59 Å². The molecule has 1 saturated heterocycles. The van der Waals surface area contributed by atoms with Gasteiger partial charge in [-0.1, -0.05) is 0 Å². The molecular formula is C10H18N2O3S2. The van der Waals surface area contributed by atoms with E-state index in [1.165, 1.54) is 0 Å². The van der Waals surface area contributed by atoms with Crippen LogP contribution in [0.1, 0.15) is 12.8 Å². The molecule has 1 fully saturated rings. The van der Waals surface area contributed by atoms with E-state index in [0.29, 0.717) is 18.6 Å². The molecule has 0 aromatic carbocycles. The van der Waals surface area contributed by atoms with Crippen molar-refractivity contribution in [1.82, 2.24) is 10.6 Å². The number of hydrogen-bond donors (Lipinski definition) is 3. The molecule has 17 heavy (non-hydrogen) atoms. The van der Waals surface area contributed by atoms with Crippen LogP contribution in [0.4, 0.5) is 0 Å². The third kappa shape index (κ3) is 6.80. The maximum atomic E-state index is 11.3. The molecule has 0 aromatic heterocycles. The standard InChI is InChI=1S/C10H18N2O3S2/c13-5-8-6-16-3-1-9(14)11-7-12-10(15)2-4-17-8/h8,13H,1-7H2,(H,11,14)(H,12,15). The van der Waals surface area contributed by atoms with Crippen LogP contribution in [0.5, 0.6) is 0 Å². The summed E-state index contributed by atoms with van der Waals surface area (Å²) in [6.07, 6.45) is 0.866. The van der Waals surface area contributed by atoms with Crippen molar-refractivity contribution in [2.24, 2.45) is 0 Å². The minimum absolute atomic E-state index is 0.0507. The normalized spacial score (nSPS) is 24.9. The van der Waals surface area contributed by atoms with Gasteiger partial charge in [0.1, 0.15) is 0 Å². The monoisotopic (exact) mass is 278 g/mol. The summed E-state index contributed by atoms with van der Waals surface area (Å²) >= 11 is 3.28. The lowest BCUT2D eigenvalue weighted by molar-refractivity contribution is -0.122. The molecule has 1 aliphatic rings. The number of carbonyl (C=O) groups excluding carboxylic acids is 2. The number of aliphatic hydroxyl groups is 1. The molecule has 3 N–H and O–H groups in total. The lowest BCUT2D eigenvalue weighted by atomic mass is 10.4. The number of nitrogens with one attached hydrogen (secondary N) is 2. The van der Waals surface area contributed by atoms with E-state index in [1.807, 2.05) is 0 Å². The predicted octanol–water partition coefficient (Wildman–Crippen LogP) is -0.203. The second-order valence-corrected chi connectivity index (χ2v) is 6.19. The number of hydrogen-bond acceptors (Lipinski definition) is 5.